The number of ether oxygens (including phenoxy) is 1. The van der Waals surface area contributed by atoms with Crippen LogP contribution in [0, 0.1) is 0 Å². The lowest BCUT2D eigenvalue weighted by atomic mass is 10.0. The van der Waals surface area contributed by atoms with E-state index >= 15 is 0 Å². The molecule has 146 valence electrons. The van der Waals surface area contributed by atoms with Gasteiger partial charge in [0.25, 0.3) is 0 Å². The second-order valence-corrected chi connectivity index (χ2v) is 5.80. The van der Waals surface area contributed by atoms with E-state index in [1.807, 2.05) is 0 Å². The minimum atomic E-state index is -4.80. The summed E-state index contributed by atoms with van der Waals surface area (Å²) in [6.45, 7) is 0. The number of nitrogens with zero attached hydrogens (tertiary/aromatic N) is 2. The highest BCUT2D eigenvalue weighted by Crippen LogP contribution is 2.31. The van der Waals surface area contributed by atoms with E-state index in [9.17, 15) is 26.3 Å². The first kappa shape index (κ1) is 19.7. The highest BCUT2D eigenvalue weighted by atomic mass is 19.4. The second kappa shape index (κ2) is 7.49. The van der Waals surface area contributed by atoms with Gasteiger partial charge in [0.15, 0.2) is 0 Å². The van der Waals surface area contributed by atoms with Crippen LogP contribution in [0.15, 0.2) is 60.9 Å². The van der Waals surface area contributed by atoms with Gasteiger partial charge in [-0.25, -0.2) is 0 Å². The lowest BCUT2D eigenvalue weighted by molar-refractivity contribution is -0.274. The molecule has 0 radical (unpaired) electrons. The van der Waals surface area contributed by atoms with Crippen LogP contribution in [0.3, 0.4) is 0 Å². The molecule has 0 aliphatic rings. The van der Waals surface area contributed by atoms with Crippen molar-refractivity contribution < 1.29 is 31.1 Å². The van der Waals surface area contributed by atoms with Crippen molar-refractivity contribution in [2.24, 2.45) is 0 Å². The van der Waals surface area contributed by atoms with E-state index in [0.29, 0.717) is 22.5 Å². The number of benzene rings is 2. The third-order valence-corrected chi connectivity index (χ3v) is 3.76. The number of alkyl halides is 6. The molecule has 1 aromatic heterocycles. The molecule has 0 saturated heterocycles. The Kier molecular flexibility index (Phi) is 5.26. The van der Waals surface area contributed by atoms with Crippen molar-refractivity contribution in [3.63, 3.8) is 0 Å². The van der Waals surface area contributed by atoms with E-state index in [2.05, 4.69) is 14.7 Å². The Labute approximate surface area is 155 Å². The number of rotatable bonds is 4. The zero-order valence-corrected chi connectivity index (χ0v) is 14.1. The summed E-state index contributed by atoms with van der Waals surface area (Å²) < 4.78 is 79.3. The molecule has 9 heteroatoms. The van der Waals surface area contributed by atoms with Crippen molar-refractivity contribution >= 4 is 0 Å². The Morgan fingerprint density at radius 2 is 1.50 bits per heavy atom. The molecule has 0 aliphatic heterocycles. The van der Waals surface area contributed by atoms with Crippen LogP contribution in [0.1, 0.15) is 16.8 Å². The van der Waals surface area contributed by atoms with E-state index in [4.69, 9.17) is 0 Å². The van der Waals surface area contributed by atoms with Gasteiger partial charge in [0.1, 0.15) is 5.75 Å². The highest BCUT2D eigenvalue weighted by molar-refractivity contribution is 5.62. The summed E-state index contributed by atoms with van der Waals surface area (Å²) >= 11 is 0. The summed E-state index contributed by atoms with van der Waals surface area (Å²) in [5, 5.41) is 0. The molecule has 2 aromatic carbocycles. The first-order valence-corrected chi connectivity index (χ1v) is 7.94. The van der Waals surface area contributed by atoms with Crippen LogP contribution in [0.25, 0.3) is 11.3 Å². The van der Waals surface area contributed by atoms with Crippen molar-refractivity contribution in [3.8, 4) is 17.0 Å². The molecular weight excluding hydrogens is 386 g/mol. The number of aromatic nitrogens is 2. The Bertz CT molecular complexity index is 952. The van der Waals surface area contributed by atoms with Gasteiger partial charge in [0.05, 0.1) is 17.0 Å². The summed E-state index contributed by atoms with van der Waals surface area (Å²) in [5.74, 6) is -0.389. The smallest absolute Gasteiger partial charge is 0.406 e. The molecule has 0 fully saturated rings. The topological polar surface area (TPSA) is 35.0 Å². The van der Waals surface area contributed by atoms with Crippen molar-refractivity contribution in [1.29, 1.82) is 0 Å². The van der Waals surface area contributed by atoms with Crippen LogP contribution < -0.4 is 4.74 Å². The average Bonchev–Trinajstić information content (AvgIpc) is 2.61. The zero-order valence-electron chi connectivity index (χ0n) is 14.1. The lowest BCUT2D eigenvalue weighted by Crippen LogP contribution is -2.16. The molecule has 1 heterocycles. The number of hydrogen-bond donors (Lipinski definition) is 0. The first-order chi connectivity index (χ1) is 13.1. The molecular formula is C19H12F6N2O. The van der Waals surface area contributed by atoms with Gasteiger partial charge >= 0.3 is 12.5 Å². The average molecular weight is 398 g/mol. The van der Waals surface area contributed by atoms with Gasteiger partial charge in [-0.05, 0) is 35.9 Å². The second-order valence-electron chi connectivity index (χ2n) is 5.80. The molecule has 28 heavy (non-hydrogen) atoms. The van der Waals surface area contributed by atoms with Gasteiger partial charge in [-0.2, -0.15) is 13.2 Å². The molecule has 0 spiro atoms. The van der Waals surface area contributed by atoms with Crippen molar-refractivity contribution in [2.75, 3.05) is 0 Å². The first-order valence-electron chi connectivity index (χ1n) is 7.94. The van der Waals surface area contributed by atoms with E-state index < -0.39 is 18.1 Å². The van der Waals surface area contributed by atoms with Crippen molar-refractivity contribution in [2.45, 2.75) is 19.0 Å². The molecule has 0 atom stereocenters. The summed E-state index contributed by atoms with van der Waals surface area (Å²) in [6, 6.07) is 9.85. The summed E-state index contributed by atoms with van der Waals surface area (Å²) in [7, 11) is 0. The molecule has 0 unspecified atom stereocenters. The largest absolute Gasteiger partial charge is 0.573 e. The minimum Gasteiger partial charge on any atom is -0.406 e. The highest BCUT2D eigenvalue weighted by Gasteiger charge is 2.31. The van der Waals surface area contributed by atoms with Gasteiger partial charge in [-0.3, -0.25) is 9.97 Å². The van der Waals surface area contributed by atoms with Crippen LogP contribution in [-0.4, -0.2) is 16.3 Å². The van der Waals surface area contributed by atoms with E-state index in [1.54, 1.807) is 0 Å². The molecule has 3 rings (SSSR count). The molecule has 0 bridgehead atoms. The van der Waals surface area contributed by atoms with E-state index in [-0.39, 0.29) is 12.2 Å². The van der Waals surface area contributed by atoms with Crippen LogP contribution in [0.2, 0.25) is 0 Å². The van der Waals surface area contributed by atoms with Gasteiger partial charge in [0.2, 0.25) is 0 Å². The van der Waals surface area contributed by atoms with E-state index in [1.165, 1.54) is 36.7 Å². The maximum atomic E-state index is 12.9. The van der Waals surface area contributed by atoms with Crippen LogP contribution in [0.5, 0.6) is 5.75 Å². The number of halogens is 6. The standard InChI is InChI=1S/C19H12F6N2O/c20-18(21,22)14-3-1-2-12(10-14)11-16-17(27-9-8-26-16)13-4-6-15(7-5-13)28-19(23,24)25/h1-10H,11H2. The van der Waals surface area contributed by atoms with Crippen molar-refractivity contribution in [3.05, 3.63) is 77.7 Å². The molecule has 0 aliphatic carbocycles. The maximum Gasteiger partial charge on any atom is 0.573 e. The van der Waals surface area contributed by atoms with Crippen LogP contribution >= 0.6 is 0 Å². The fraction of sp³-hybridized carbons (Fsp3) is 0.158. The zero-order chi connectivity index (χ0) is 20.4. The SMILES string of the molecule is FC(F)(F)Oc1ccc(-c2nccnc2Cc2cccc(C(F)(F)F)c2)cc1. The van der Waals surface area contributed by atoms with Gasteiger partial charge < -0.3 is 4.74 Å². The van der Waals surface area contributed by atoms with Crippen LogP contribution in [0.4, 0.5) is 26.3 Å². The summed E-state index contributed by atoms with van der Waals surface area (Å²) in [4.78, 5) is 8.34. The monoisotopic (exact) mass is 398 g/mol. The molecule has 0 saturated carbocycles. The Morgan fingerprint density at radius 1 is 0.821 bits per heavy atom. The van der Waals surface area contributed by atoms with Crippen LogP contribution in [-0.2, 0) is 12.6 Å². The Morgan fingerprint density at radius 3 is 2.14 bits per heavy atom. The quantitative estimate of drug-likeness (QED) is 0.533. The van der Waals surface area contributed by atoms with Crippen molar-refractivity contribution in [1.82, 2.24) is 9.97 Å². The summed E-state index contributed by atoms with van der Waals surface area (Å²) in [6.07, 6.45) is -6.40. The predicted octanol–water partition coefficient (Wildman–Crippen LogP) is 5.65. The van der Waals surface area contributed by atoms with Gasteiger partial charge in [0, 0.05) is 24.4 Å². The minimum absolute atomic E-state index is 0.0773. The number of hydrogen-bond acceptors (Lipinski definition) is 3. The summed E-state index contributed by atoms with van der Waals surface area (Å²) in [5.41, 5.74) is 0.826. The van der Waals surface area contributed by atoms with E-state index in [0.717, 1.165) is 24.3 Å². The predicted molar refractivity (Wildman–Crippen MR) is 88.4 cm³/mol. The normalized spacial score (nSPS) is 12.1. The fourth-order valence-corrected chi connectivity index (χ4v) is 2.60. The lowest BCUT2D eigenvalue weighted by Gasteiger charge is -2.12. The molecule has 3 aromatic rings. The Hall–Kier alpha value is -3.10. The Balaban J connectivity index is 1.88. The third kappa shape index (κ3) is 4.99. The maximum absolute atomic E-state index is 12.9. The molecule has 3 nitrogen and oxygen atoms in total. The molecule has 0 N–H and O–H groups in total. The third-order valence-electron chi connectivity index (χ3n) is 3.76. The van der Waals surface area contributed by atoms with Gasteiger partial charge in [-0.1, -0.05) is 18.2 Å². The molecule has 0 amide bonds. The fourth-order valence-electron chi connectivity index (χ4n) is 2.60. The van der Waals surface area contributed by atoms with Gasteiger partial charge in [-0.15, -0.1) is 13.2 Å².